The highest BCUT2D eigenvalue weighted by molar-refractivity contribution is 5.87. The molecule has 8 heteroatoms. The third-order valence-corrected chi connectivity index (χ3v) is 2.18. The van der Waals surface area contributed by atoms with Gasteiger partial charge in [0.15, 0.2) is 0 Å². The zero-order chi connectivity index (χ0) is 13.3. The summed E-state index contributed by atoms with van der Waals surface area (Å²) in [4.78, 5) is 10.6. The molecule has 0 spiro atoms. The number of carboxylic acids is 1. The third kappa shape index (κ3) is 2.53. The second-order valence-corrected chi connectivity index (χ2v) is 3.53. The van der Waals surface area contributed by atoms with E-state index in [0.29, 0.717) is 6.20 Å². The van der Waals surface area contributed by atoms with Gasteiger partial charge in [0.05, 0.1) is 23.9 Å². The first kappa shape index (κ1) is 12.2. The van der Waals surface area contributed by atoms with Crippen molar-refractivity contribution in [2.75, 3.05) is 0 Å². The molecule has 96 valence electrons. The molecule has 0 aliphatic rings. The molecule has 0 amide bonds. The van der Waals surface area contributed by atoms with E-state index >= 15 is 0 Å². The Balaban J connectivity index is 2.14. The van der Waals surface area contributed by atoms with Crippen LogP contribution in [0.2, 0.25) is 0 Å². The molecule has 0 aliphatic carbocycles. The van der Waals surface area contributed by atoms with E-state index in [-0.39, 0.29) is 17.9 Å². The van der Waals surface area contributed by atoms with E-state index in [0.717, 1.165) is 17.1 Å². The number of aromatic carboxylic acids is 1. The SMILES string of the molecule is O=C(O)c1coc(Cn2cc(C(F)(F)F)cn2)c1. The average Bonchev–Trinajstić information content (AvgIpc) is 2.85. The normalized spacial score (nSPS) is 11.7. The van der Waals surface area contributed by atoms with Gasteiger partial charge in [-0.05, 0) is 6.07 Å². The van der Waals surface area contributed by atoms with Gasteiger partial charge in [-0.25, -0.2) is 4.79 Å². The van der Waals surface area contributed by atoms with Gasteiger partial charge in [-0.2, -0.15) is 18.3 Å². The molecular formula is C10H7F3N2O3. The maximum atomic E-state index is 12.3. The molecule has 2 aromatic rings. The first-order chi connectivity index (χ1) is 8.36. The average molecular weight is 260 g/mol. The van der Waals surface area contributed by atoms with Gasteiger partial charge in [0.25, 0.3) is 0 Å². The molecule has 0 radical (unpaired) electrons. The standard InChI is InChI=1S/C10H7F3N2O3/c11-10(12,13)7-2-14-15(3-7)4-8-1-6(5-18-8)9(16)17/h1-3,5H,4H2,(H,16,17). The molecule has 0 unspecified atom stereocenters. The Hall–Kier alpha value is -2.25. The monoisotopic (exact) mass is 260 g/mol. The molecule has 0 fully saturated rings. The van der Waals surface area contributed by atoms with Crippen LogP contribution in [-0.4, -0.2) is 20.9 Å². The summed E-state index contributed by atoms with van der Waals surface area (Å²) in [5.41, 5.74) is -0.930. The molecular weight excluding hydrogens is 253 g/mol. The van der Waals surface area contributed by atoms with E-state index < -0.39 is 17.7 Å². The van der Waals surface area contributed by atoms with Crippen molar-refractivity contribution in [2.45, 2.75) is 12.7 Å². The van der Waals surface area contributed by atoms with Crippen molar-refractivity contribution in [3.05, 3.63) is 41.6 Å². The fourth-order valence-electron chi connectivity index (χ4n) is 1.33. The lowest BCUT2D eigenvalue weighted by Crippen LogP contribution is -2.03. The predicted molar refractivity (Wildman–Crippen MR) is 52.0 cm³/mol. The van der Waals surface area contributed by atoms with Crippen molar-refractivity contribution in [2.24, 2.45) is 0 Å². The van der Waals surface area contributed by atoms with Gasteiger partial charge in [0.1, 0.15) is 12.0 Å². The maximum absolute atomic E-state index is 12.3. The van der Waals surface area contributed by atoms with Gasteiger partial charge in [0, 0.05) is 6.20 Å². The van der Waals surface area contributed by atoms with E-state index in [1.807, 2.05) is 0 Å². The number of carboxylic acid groups (broad SMARTS) is 1. The smallest absolute Gasteiger partial charge is 0.419 e. The Morgan fingerprint density at radius 2 is 2.22 bits per heavy atom. The molecule has 0 aliphatic heterocycles. The van der Waals surface area contributed by atoms with Crippen LogP contribution in [0.3, 0.4) is 0 Å². The lowest BCUT2D eigenvalue weighted by molar-refractivity contribution is -0.137. The molecule has 2 aromatic heterocycles. The fourth-order valence-corrected chi connectivity index (χ4v) is 1.33. The largest absolute Gasteiger partial charge is 0.478 e. The van der Waals surface area contributed by atoms with Crippen molar-refractivity contribution in [1.29, 1.82) is 0 Å². The highest BCUT2D eigenvalue weighted by atomic mass is 19.4. The third-order valence-electron chi connectivity index (χ3n) is 2.18. The fraction of sp³-hybridized carbons (Fsp3) is 0.200. The van der Waals surface area contributed by atoms with Crippen molar-refractivity contribution in [1.82, 2.24) is 9.78 Å². The zero-order valence-corrected chi connectivity index (χ0v) is 8.81. The van der Waals surface area contributed by atoms with Crippen molar-refractivity contribution >= 4 is 5.97 Å². The minimum Gasteiger partial charge on any atom is -0.478 e. The van der Waals surface area contributed by atoms with Gasteiger partial charge in [-0.15, -0.1) is 0 Å². The van der Waals surface area contributed by atoms with Gasteiger partial charge in [0.2, 0.25) is 0 Å². The summed E-state index contributed by atoms with van der Waals surface area (Å²) in [6.07, 6.45) is -1.91. The maximum Gasteiger partial charge on any atom is 0.419 e. The van der Waals surface area contributed by atoms with E-state index in [2.05, 4.69) is 5.10 Å². The van der Waals surface area contributed by atoms with Crippen LogP contribution in [0.5, 0.6) is 0 Å². The summed E-state index contributed by atoms with van der Waals surface area (Å²) in [6, 6.07) is 1.23. The Labute approximate surface area is 98.4 Å². The number of halogens is 3. The second kappa shape index (κ2) is 4.21. The Kier molecular flexibility index (Phi) is 2.85. The summed E-state index contributed by atoms with van der Waals surface area (Å²) in [5.74, 6) is -0.953. The number of carbonyl (C=O) groups is 1. The van der Waals surface area contributed by atoms with Crippen LogP contribution in [0.1, 0.15) is 21.7 Å². The van der Waals surface area contributed by atoms with Crippen LogP contribution in [0.4, 0.5) is 13.2 Å². The quantitative estimate of drug-likeness (QED) is 0.918. The number of aromatic nitrogens is 2. The lowest BCUT2D eigenvalue weighted by Gasteiger charge is -2.00. The number of hydrogen-bond donors (Lipinski definition) is 1. The van der Waals surface area contributed by atoms with Crippen LogP contribution >= 0.6 is 0 Å². The predicted octanol–water partition coefficient (Wildman–Crippen LogP) is 2.24. The van der Waals surface area contributed by atoms with E-state index in [1.165, 1.54) is 6.07 Å². The molecule has 0 bridgehead atoms. The molecule has 5 nitrogen and oxygen atoms in total. The molecule has 2 rings (SSSR count). The molecule has 0 saturated carbocycles. The molecule has 2 heterocycles. The first-order valence-electron chi connectivity index (χ1n) is 4.76. The summed E-state index contributed by atoms with van der Waals surface area (Å²) in [6.45, 7) is -0.0661. The number of hydrogen-bond acceptors (Lipinski definition) is 3. The Morgan fingerprint density at radius 1 is 1.50 bits per heavy atom. The van der Waals surface area contributed by atoms with Crippen molar-refractivity contribution in [3.63, 3.8) is 0 Å². The van der Waals surface area contributed by atoms with Crippen LogP contribution < -0.4 is 0 Å². The van der Waals surface area contributed by atoms with Gasteiger partial charge in [-0.1, -0.05) is 0 Å². The molecule has 18 heavy (non-hydrogen) atoms. The summed E-state index contributed by atoms with van der Waals surface area (Å²) in [5, 5.41) is 12.2. The van der Waals surface area contributed by atoms with Crippen LogP contribution in [-0.2, 0) is 12.7 Å². The highest BCUT2D eigenvalue weighted by Crippen LogP contribution is 2.28. The second-order valence-electron chi connectivity index (χ2n) is 3.53. The first-order valence-corrected chi connectivity index (χ1v) is 4.76. The van der Waals surface area contributed by atoms with E-state index in [1.54, 1.807) is 0 Å². The summed E-state index contributed by atoms with van der Waals surface area (Å²) in [7, 11) is 0. The van der Waals surface area contributed by atoms with Crippen molar-refractivity contribution < 1.29 is 27.5 Å². The van der Waals surface area contributed by atoms with Gasteiger partial charge in [-0.3, -0.25) is 4.68 Å². The van der Waals surface area contributed by atoms with Gasteiger partial charge >= 0.3 is 12.1 Å². The molecule has 1 N–H and O–H groups in total. The van der Waals surface area contributed by atoms with E-state index in [4.69, 9.17) is 9.52 Å². The van der Waals surface area contributed by atoms with Crippen LogP contribution in [0.25, 0.3) is 0 Å². The summed E-state index contributed by atoms with van der Waals surface area (Å²) >= 11 is 0. The Morgan fingerprint density at radius 3 is 2.72 bits per heavy atom. The van der Waals surface area contributed by atoms with Gasteiger partial charge < -0.3 is 9.52 Å². The zero-order valence-electron chi connectivity index (χ0n) is 8.81. The highest BCUT2D eigenvalue weighted by Gasteiger charge is 2.32. The minimum atomic E-state index is -4.45. The Bertz CT molecular complexity index is 571. The molecule has 0 atom stereocenters. The topological polar surface area (TPSA) is 68.3 Å². The molecule has 0 saturated heterocycles. The number of furan rings is 1. The molecule has 0 aromatic carbocycles. The van der Waals surface area contributed by atoms with Crippen molar-refractivity contribution in [3.8, 4) is 0 Å². The number of nitrogens with zero attached hydrogens (tertiary/aromatic N) is 2. The van der Waals surface area contributed by atoms with Crippen LogP contribution in [0.15, 0.2) is 29.1 Å². The minimum absolute atomic E-state index is 0.0619. The van der Waals surface area contributed by atoms with E-state index in [9.17, 15) is 18.0 Å². The lowest BCUT2D eigenvalue weighted by atomic mass is 10.3. The van der Waals surface area contributed by atoms with Crippen LogP contribution in [0, 0.1) is 0 Å². The summed E-state index contributed by atoms with van der Waals surface area (Å²) < 4.78 is 42.8. The number of alkyl halides is 3. The number of rotatable bonds is 3.